The molecule has 0 amide bonds. The second-order valence-electron chi connectivity index (χ2n) is 7.46. The van der Waals surface area contributed by atoms with Gasteiger partial charge in [-0.25, -0.2) is 0 Å². The van der Waals surface area contributed by atoms with E-state index in [1.54, 1.807) is 0 Å². The molecule has 0 saturated carbocycles. The minimum absolute atomic E-state index is 0.0172. The van der Waals surface area contributed by atoms with E-state index in [9.17, 15) is 0 Å². The van der Waals surface area contributed by atoms with Crippen molar-refractivity contribution in [2.75, 3.05) is 6.54 Å². The van der Waals surface area contributed by atoms with Crippen molar-refractivity contribution >= 4 is 28.9 Å². The summed E-state index contributed by atoms with van der Waals surface area (Å²) in [5.41, 5.74) is 5.71. The maximum absolute atomic E-state index is 6.26. The van der Waals surface area contributed by atoms with Gasteiger partial charge in [0.1, 0.15) is 0 Å². The predicted octanol–water partition coefficient (Wildman–Crippen LogP) is 5.53. The van der Waals surface area contributed by atoms with Crippen molar-refractivity contribution in [3.63, 3.8) is 0 Å². The summed E-state index contributed by atoms with van der Waals surface area (Å²) >= 11 is 12.0. The second kappa shape index (κ2) is 8.17. The van der Waals surface area contributed by atoms with Crippen LogP contribution in [0.4, 0.5) is 0 Å². The van der Waals surface area contributed by atoms with Gasteiger partial charge in [0.2, 0.25) is 0 Å². The lowest BCUT2D eigenvalue weighted by molar-refractivity contribution is 0.316. The minimum atomic E-state index is 0.0172. The van der Waals surface area contributed by atoms with E-state index in [0.717, 1.165) is 34.5 Å². The fourth-order valence-corrected chi connectivity index (χ4v) is 4.84. The number of hydrogen-bond donors (Lipinski definition) is 1. The van der Waals surface area contributed by atoms with Crippen LogP contribution >= 0.6 is 23.8 Å². The Balaban J connectivity index is 1.84. The molecule has 0 radical (unpaired) electrons. The van der Waals surface area contributed by atoms with Crippen molar-refractivity contribution in [2.24, 2.45) is 0 Å². The molecule has 0 bridgehead atoms. The highest BCUT2D eigenvalue weighted by molar-refractivity contribution is 7.80. The van der Waals surface area contributed by atoms with Crippen LogP contribution in [0.3, 0.4) is 0 Å². The van der Waals surface area contributed by atoms with Gasteiger partial charge >= 0.3 is 0 Å². The Labute approximate surface area is 182 Å². The Morgan fingerprint density at radius 3 is 2.66 bits per heavy atom. The molecule has 4 nitrogen and oxygen atoms in total. The molecule has 3 heterocycles. The zero-order valence-electron chi connectivity index (χ0n) is 16.9. The molecular weight excluding hydrogens is 400 g/mol. The van der Waals surface area contributed by atoms with Crippen LogP contribution in [0.25, 0.3) is 5.69 Å². The lowest BCUT2D eigenvalue weighted by Gasteiger charge is -2.27. The number of benzene rings is 1. The lowest BCUT2D eigenvalue weighted by atomic mass is 9.96. The molecular formula is C23H25ClN4S. The first kappa shape index (κ1) is 19.9. The third-order valence-electron chi connectivity index (χ3n) is 5.52. The van der Waals surface area contributed by atoms with E-state index in [1.165, 1.54) is 17.0 Å². The largest absolute Gasteiger partial charge is 0.352 e. The normalized spacial score (nSPS) is 18.9. The van der Waals surface area contributed by atoms with Gasteiger partial charge in [0.05, 0.1) is 17.8 Å². The van der Waals surface area contributed by atoms with E-state index in [2.05, 4.69) is 58.7 Å². The van der Waals surface area contributed by atoms with E-state index in [4.69, 9.17) is 23.8 Å². The van der Waals surface area contributed by atoms with Gasteiger partial charge in [-0.05, 0) is 74.4 Å². The van der Waals surface area contributed by atoms with Crippen molar-refractivity contribution in [1.29, 1.82) is 0 Å². The van der Waals surface area contributed by atoms with Crippen LogP contribution in [0.2, 0.25) is 5.02 Å². The summed E-state index contributed by atoms with van der Waals surface area (Å²) in [7, 11) is 0. The Bertz CT molecular complexity index is 1030. The van der Waals surface area contributed by atoms with Crippen molar-refractivity contribution in [1.82, 2.24) is 19.8 Å². The number of nitrogens with zero attached hydrogens (tertiary/aromatic N) is 3. The quantitative estimate of drug-likeness (QED) is 0.546. The first-order valence-corrected chi connectivity index (χ1v) is 10.7. The number of aromatic nitrogens is 2. The van der Waals surface area contributed by atoms with Crippen molar-refractivity contribution in [2.45, 2.75) is 39.3 Å². The summed E-state index contributed by atoms with van der Waals surface area (Å²) in [5, 5.41) is 5.05. The molecule has 150 valence electrons. The third kappa shape index (κ3) is 3.65. The lowest BCUT2D eigenvalue weighted by Crippen LogP contribution is -2.30. The van der Waals surface area contributed by atoms with Crippen molar-refractivity contribution in [3.8, 4) is 5.69 Å². The van der Waals surface area contributed by atoms with Gasteiger partial charge in [-0.2, -0.15) is 0 Å². The van der Waals surface area contributed by atoms with E-state index < -0.39 is 0 Å². The molecule has 0 aliphatic carbocycles. The second-order valence-corrected chi connectivity index (χ2v) is 8.28. The number of aryl methyl sites for hydroxylation is 1. The number of pyridine rings is 1. The molecule has 1 aromatic carbocycles. The Morgan fingerprint density at radius 2 is 1.97 bits per heavy atom. The molecule has 1 N–H and O–H groups in total. The van der Waals surface area contributed by atoms with E-state index in [0.29, 0.717) is 0 Å². The molecule has 2 atom stereocenters. The Morgan fingerprint density at radius 1 is 1.14 bits per heavy atom. The van der Waals surface area contributed by atoms with E-state index in [-0.39, 0.29) is 12.1 Å². The zero-order chi connectivity index (χ0) is 20.5. The highest BCUT2D eigenvalue weighted by atomic mass is 35.5. The van der Waals surface area contributed by atoms with Crippen LogP contribution in [0.5, 0.6) is 0 Å². The minimum Gasteiger partial charge on any atom is -0.352 e. The van der Waals surface area contributed by atoms with E-state index in [1.807, 2.05) is 36.5 Å². The van der Waals surface area contributed by atoms with Gasteiger partial charge in [0.15, 0.2) is 5.11 Å². The molecule has 0 spiro atoms. The molecule has 6 heteroatoms. The summed E-state index contributed by atoms with van der Waals surface area (Å²) in [6.07, 6.45) is 2.87. The van der Waals surface area contributed by atoms with Crippen LogP contribution in [0.1, 0.15) is 48.1 Å². The smallest absolute Gasteiger partial charge is 0.170 e. The topological polar surface area (TPSA) is 33.1 Å². The maximum atomic E-state index is 6.26. The molecule has 4 rings (SSSR count). The molecule has 29 heavy (non-hydrogen) atoms. The average Bonchev–Trinajstić information content (AvgIpc) is 3.18. The monoisotopic (exact) mass is 424 g/mol. The summed E-state index contributed by atoms with van der Waals surface area (Å²) in [6.45, 7) is 7.39. The average molecular weight is 425 g/mol. The summed E-state index contributed by atoms with van der Waals surface area (Å²) in [4.78, 5) is 6.93. The van der Waals surface area contributed by atoms with Gasteiger partial charge in [0.25, 0.3) is 0 Å². The highest BCUT2D eigenvalue weighted by Gasteiger charge is 2.40. The van der Waals surface area contributed by atoms with Gasteiger partial charge in [0, 0.05) is 34.8 Å². The Kier molecular flexibility index (Phi) is 5.61. The van der Waals surface area contributed by atoms with Crippen molar-refractivity contribution < 1.29 is 0 Å². The van der Waals surface area contributed by atoms with Gasteiger partial charge < -0.3 is 14.8 Å². The molecule has 0 unspecified atom stereocenters. The van der Waals surface area contributed by atoms with Gasteiger partial charge in [-0.3, -0.25) is 4.98 Å². The fourth-order valence-electron chi connectivity index (χ4n) is 4.33. The molecule has 3 aromatic rings. The van der Waals surface area contributed by atoms with E-state index >= 15 is 0 Å². The molecule has 1 saturated heterocycles. The zero-order valence-corrected chi connectivity index (χ0v) is 18.5. The highest BCUT2D eigenvalue weighted by Crippen LogP contribution is 2.41. The summed E-state index contributed by atoms with van der Waals surface area (Å²) in [5.74, 6) is 0. The molecule has 1 fully saturated rings. The standard InChI is InChI=1S/C23H25ClN4S/c1-4-12-27-22(21(26-23(27)29)20-10-5-6-11-25-20)19-13-15(2)28(16(19)3)18-9-7-8-17(24)14-18/h5-11,13-14,21-22H,4,12H2,1-3H3,(H,26,29)/t21-,22+/m1/s1. The first-order valence-electron chi connectivity index (χ1n) is 9.94. The first-order chi connectivity index (χ1) is 14.0. The van der Waals surface area contributed by atoms with Crippen LogP contribution in [-0.4, -0.2) is 26.1 Å². The van der Waals surface area contributed by atoms with Crippen molar-refractivity contribution in [3.05, 3.63) is 82.4 Å². The van der Waals surface area contributed by atoms with Crippen LogP contribution in [0.15, 0.2) is 54.7 Å². The molecule has 1 aliphatic rings. The van der Waals surface area contributed by atoms with Crippen LogP contribution in [-0.2, 0) is 0 Å². The number of halogens is 1. The van der Waals surface area contributed by atoms with Crippen LogP contribution < -0.4 is 5.32 Å². The number of nitrogens with one attached hydrogen (secondary N) is 1. The SMILES string of the molecule is CCCN1C(=S)N[C@H](c2ccccn2)[C@@H]1c1cc(C)n(-c2cccc(Cl)c2)c1C. The van der Waals surface area contributed by atoms with Crippen LogP contribution in [0, 0.1) is 13.8 Å². The number of thiocarbonyl (C=S) groups is 1. The number of hydrogen-bond acceptors (Lipinski definition) is 2. The predicted molar refractivity (Wildman–Crippen MR) is 123 cm³/mol. The summed E-state index contributed by atoms with van der Waals surface area (Å²) < 4.78 is 2.27. The maximum Gasteiger partial charge on any atom is 0.170 e. The Hall–Kier alpha value is -2.37. The fraction of sp³-hybridized carbons (Fsp3) is 0.304. The molecule has 1 aliphatic heterocycles. The number of rotatable bonds is 5. The van der Waals surface area contributed by atoms with Gasteiger partial charge in [-0.15, -0.1) is 0 Å². The third-order valence-corrected chi connectivity index (χ3v) is 6.11. The van der Waals surface area contributed by atoms with Gasteiger partial charge in [-0.1, -0.05) is 30.7 Å². The molecule has 2 aromatic heterocycles. The summed E-state index contributed by atoms with van der Waals surface area (Å²) in [6, 6.07) is 16.4.